The molecule has 0 N–H and O–H groups in total. The zero-order valence-electron chi connectivity index (χ0n) is 10.6. The van der Waals surface area contributed by atoms with Crippen molar-refractivity contribution in [1.29, 1.82) is 0 Å². The Morgan fingerprint density at radius 3 is 2.80 bits per heavy atom. The summed E-state index contributed by atoms with van der Waals surface area (Å²) < 4.78 is 41.0. The number of halogens is 3. The zero-order valence-corrected chi connectivity index (χ0v) is 10.6. The topological polar surface area (TPSA) is 46.3 Å². The summed E-state index contributed by atoms with van der Waals surface area (Å²) in [6.07, 6.45) is 0.642. The van der Waals surface area contributed by atoms with Gasteiger partial charge in [-0.2, -0.15) is 13.2 Å². The first kappa shape index (κ1) is 14.4. The van der Waals surface area contributed by atoms with Crippen molar-refractivity contribution in [2.45, 2.75) is 12.6 Å². The fourth-order valence-electron chi connectivity index (χ4n) is 1.91. The molecule has 1 aliphatic heterocycles. The largest absolute Gasteiger partial charge is 0.452 e. The summed E-state index contributed by atoms with van der Waals surface area (Å²) in [5, 5.41) is 3.32. The van der Waals surface area contributed by atoms with Gasteiger partial charge in [0.15, 0.2) is 0 Å². The van der Waals surface area contributed by atoms with Crippen LogP contribution in [0.5, 0.6) is 0 Å². The third-order valence-corrected chi connectivity index (χ3v) is 3.01. The van der Waals surface area contributed by atoms with Crippen molar-refractivity contribution in [2.75, 3.05) is 13.1 Å². The van der Waals surface area contributed by atoms with Crippen LogP contribution in [0.25, 0.3) is 6.08 Å². The first-order valence-corrected chi connectivity index (χ1v) is 6.02. The second-order valence-corrected chi connectivity index (χ2v) is 4.57. The second-order valence-electron chi connectivity index (χ2n) is 4.57. The lowest BCUT2D eigenvalue weighted by Crippen LogP contribution is -2.49. The summed E-state index contributed by atoms with van der Waals surface area (Å²) in [4.78, 5) is 12.8. The second kappa shape index (κ2) is 5.52. The Hall–Kier alpha value is -2.05. The van der Waals surface area contributed by atoms with Crippen molar-refractivity contribution in [1.82, 2.24) is 10.1 Å². The molecule has 1 aliphatic rings. The van der Waals surface area contributed by atoms with E-state index in [1.165, 1.54) is 12.2 Å². The molecule has 0 saturated carbocycles. The van der Waals surface area contributed by atoms with Gasteiger partial charge in [0.05, 0.1) is 0 Å². The highest BCUT2D eigenvalue weighted by molar-refractivity contribution is 5.87. The Labute approximate surface area is 113 Å². The molecule has 20 heavy (non-hydrogen) atoms. The summed E-state index contributed by atoms with van der Waals surface area (Å²) in [5.74, 6) is -0.885. The third-order valence-electron chi connectivity index (χ3n) is 3.01. The van der Waals surface area contributed by atoms with Gasteiger partial charge in [0.2, 0.25) is 11.7 Å². The average Bonchev–Trinajstić information content (AvgIpc) is 2.79. The fraction of sp³-hybridized carbons (Fsp3) is 0.385. The molecule has 4 nitrogen and oxygen atoms in total. The predicted molar refractivity (Wildman–Crippen MR) is 65.4 cm³/mol. The molecule has 0 aliphatic carbocycles. The van der Waals surface area contributed by atoms with Gasteiger partial charge in [0.25, 0.3) is 0 Å². The Bertz CT molecular complexity index is 528. The molecule has 0 atom stereocenters. The van der Waals surface area contributed by atoms with E-state index in [-0.39, 0.29) is 11.6 Å². The zero-order chi connectivity index (χ0) is 14.8. The number of likely N-dealkylation sites (tertiary alicyclic amines) is 1. The van der Waals surface area contributed by atoms with E-state index in [4.69, 9.17) is 0 Å². The van der Waals surface area contributed by atoms with E-state index in [2.05, 4.69) is 16.3 Å². The number of alkyl halides is 3. The standard InChI is InChI=1S/C13H13F3N2O2/c1-2-12(19)18-7-9(8-18)4-3-5-10-6-11(20-17-10)13(14,15)16/h2-3,5-6,9H,1,4,7-8H2/b5-3+. The van der Waals surface area contributed by atoms with Crippen molar-refractivity contribution in [2.24, 2.45) is 5.92 Å². The number of hydrogen-bond acceptors (Lipinski definition) is 3. The van der Waals surface area contributed by atoms with Crippen LogP contribution in [-0.2, 0) is 11.0 Å². The molecule has 1 aromatic heterocycles. The highest BCUT2D eigenvalue weighted by atomic mass is 19.4. The van der Waals surface area contributed by atoms with Gasteiger partial charge in [-0.3, -0.25) is 4.79 Å². The quantitative estimate of drug-likeness (QED) is 0.799. The Morgan fingerprint density at radius 1 is 1.55 bits per heavy atom. The van der Waals surface area contributed by atoms with Gasteiger partial charge in [0.1, 0.15) is 5.69 Å². The van der Waals surface area contributed by atoms with Crippen LogP contribution in [0.4, 0.5) is 13.2 Å². The van der Waals surface area contributed by atoms with Crippen LogP contribution in [0.1, 0.15) is 17.9 Å². The third kappa shape index (κ3) is 3.28. The number of nitrogens with zero attached hydrogens (tertiary/aromatic N) is 2. The number of amides is 1. The average molecular weight is 286 g/mol. The normalized spacial score (nSPS) is 16.4. The van der Waals surface area contributed by atoms with Gasteiger partial charge in [0, 0.05) is 19.2 Å². The molecule has 0 bridgehead atoms. The van der Waals surface area contributed by atoms with Crippen LogP contribution < -0.4 is 0 Å². The minimum atomic E-state index is -4.52. The maximum atomic E-state index is 12.3. The molecule has 0 radical (unpaired) electrons. The molecule has 108 valence electrons. The van der Waals surface area contributed by atoms with E-state index in [1.54, 1.807) is 11.0 Å². The Morgan fingerprint density at radius 2 is 2.25 bits per heavy atom. The number of aromatic nitrogens is 1. The molecule has 2 rings (SSSR count). The van der Waals surface area contributed by atoms with Crippen molar-refractivity contribution in [3.8, 4) is 0 Å². The highest BCUT2D eigenvalue weighted by Crippen LogP contribution is 2.29. The van der Waals surface area contributed by atoms with Crippen LogP contribution in [0.3, 0.4) is 0 Å². The molecule has 0 aromatic carbocycles. The van der Waals surface area contributed by atoms with E-state index in [0.717, 1.165) is 6.07 Å². The smallest absolute Gasteiger partial charge is 0.351 e. The van der Waals surface area contributed by atoms with Crippen LogP contribution >= 0.6 is 0 Å². The molecule has 7 heteroatoms. The van der Waals surface area contributed by atoms with E-state index < -0.39 is 11.9 Å². The summed E-state index contributed by atoms with van der Waals surface area (Å²) in [6.45, 7) is 4.68. The molecule has 2 heterocycles. The summed E-state index contributed by atoms with van der Waals surface area (Å²) in [7, 11) is 0. The van der Waals surface area contributed by atoms with E-state index >= 15 is 0 Å². The molecular weight excluding hydrogens is 273 g/mol. The molecular formula is C13H13F3N2O2. The monoisotopic (exact) mass is 286 g/mol. The van der Waals surface area contributed by atoms with Crippen molar-refractivity contribution < 1.29 is 22.5 Å². The lowest BCUT2D eigenvalue weighted by Gasteiger charge is -2.38. The van der Waals surface area contributed by atoms with Gasteiger partial charge >= 0.3 is 6.18 Å². The SMILES string of the molecule is C=CC(=O)N1CC(C/C=C/c2cc(C(F)(F)F)on2)C1. The molecule has 0 spiro atoms. The number of carbonyl (C=O) groups is 1. The van der Waals surface area contributed by atoms with Gasteiger partial charge in [-0.25, -0.2) is 0 Å². The number of rotatable bonds is 4. The number of carbonyl (C=O) groups excluding carboxylic acids is 1. The fourth-order valence-corrected chi connectivity index (χ4v) is 1.91. The van der Waals surface area contributed by atoms with Crippen LogP contribution in [0, 0.1) is 5.92 Å². The first-order chi connectivity index (χ1) is 9.40. The van der Waals surface area contributed by atoms with Crippen LogP contribution in [0.2, 0.25) is 0 Å². The summed E-state index contributed by atoms with van der Waals surface area (Å²) >= 11 is 0. The van der Waals surface area contributed by atoms with E-state index in [1.807, 2.05) is 0 Å². The lowest BCUT2D eigenvalue weighted by atomic mass is 9.96. The molecule has 1 fully saturated rings. The molecule has 1 saturated heterocycles. The number of allylic oxidation sites excluding steroid dienone is 1. The Balaban J connectivity index is 1.79. The summed E-state index contributed by atoms with van der Waals surface area (Å²) in [5.41, 5.74) is 0.135. The minimum absolute atomic E-state index is 0.100. The van der Waals surface area contributed by atoms with Crippen LogP contribution in [0.15, 0.2) is 29.3 Å². The van der Waals surface area contributed by atoms with Crippen molar-refractivity contribution in [3.05, 3.63) is 36.3 Å². The van der Waals surface area contributed by atoms with Crippen LogP contribution in [-0.4, -0.2) is 29.1 Å². The predicted octanol–water partition coefficient (Wildman–Crippen LogP) is 2.74. The minimum Gasteiger partial charge on any atom is -0.351 e. The van der Waals surface area contributed by atoms with Crippen molar-refractivity contribution in [3.63, 3.8) is 0 Å². The van der Waals surface area contributed by atoms with Gasteiger partial charge in [-0.05, 0) is 24.5 Å². The van der Waals surface area contributed by atoms with E-state index in [0.29, 0.717) is 25.4 Å². The first-order valence-electron chi connectivity index (χ1n) is 6.02. The van der Waals surface area contributed by atoms with E-state index in [9.17, 15) is 18.0 Å². The molecule has 1 amide bonds. The van der Waals surface area contributed by atoms with Crippen molar-refractivity contribution >= 4 is 12.0 Å². The summed E-state index contributed by atoms with van der Waals surface area (Å²) in [6, 6.07) is 0.852. The number of hydrogen-bond donors (Lipinski definition) is 0. The maximum absolute atomic E-state index is 12.3. The van der Waals surface area contributed by atoms with Gasteiger partial charge in [-0.1, -0.05) is 17.8 Å². The molecule has 1 aromatic rings. The van der Waals surface area contributed by atoms with Gasteiger partial charge < -0.3 is 9.42 Å². The maximum Gasteiger partial charge on any atom is 0.452 e. The van der Waals surface area contributed by atoms with Gasteiger partial charge in [-0.15, -0.1) is 0 Å². The Kier molecular flexibility index (Phi) is 3.96. The molecule has 0 unspecified atom stereocenters. The lowest BCUT2D eigenvalue weighted by molar-refractivity contribution is -0.155. The highest BCUT2D eigenvalue weighted by Gasteiger charge is 2.35.